The lowest BCUT2D eigenvalue weighted by Gasteiger charge is -2.32. The first-order valence-electron chi connectivity index (χ1n) is 9.57. The lowest BCUT2D eigenvalue weighted by Crippen LogP contribution is -2.45. The van der Waals surface area contributed by atoms with E-state index in [1.807, 2.05) is 0 Å². The minimum atomic E-state index is -3.07. The summed E-state index contributed by atoms with van der Waals surface area (Å²) in [5.74, 6) is 0.673. The molecule has 0 bridgehead atoms. The summed E-state index contributed by atoms with van der Waals surface area (Å²) >= 11 is 0. The van der Waals surface area contributed by atoms with Gasteiger partial charge in [-0.25, -0.2) is 13.1 Å². The third-order valence-electron chi connectivity index (χ3n) is 5.40. The Morgan fingerprint density at radius 3 is 2.43 bits per heavy atom. The van der Waals surface area contributed by atoms with Gasteiger partial charge < -0.3 is 10.2 Å². The van der Waals surface area contributed by atoms with Crippen molar-refractivity contribution in [3.8, 4) is 0 Å². The first-order chi connectivity index (χ1) is 12.4. The van der Waals surface area contributed by atoms with Gasteiger partial charge in [-0.05, 0) is 50.8 Å². The van der Waals surface area contributed by atoms with Crippen LogP contribution < -0.4 is 10.0 Å². The number of halogens is 2. The van der Waals surface area contributed by atoms with E-state index in [1.54, 1.807) is 0 Å². The molecular weight excluding hydrogens is 417 g/mol. The second-order valence-electron chi connectivity index (χ2n) is 7.70. The molecule has 2 atom stereocenters. The Kier molecular flexibility index (Phi) is 10.5. The molecule has 1 aromatic rings. The number of nitrogens with zero attached hydrogens (tertiary/aromatic N) is 1. The van der Waals surface area contributed by atoms with Crippen molar-refractivity contribution in [1.82, 2.24) is 14.9 Å². The van der Waals surface area contributed by atoms with Crippen molar-refractivity contribution in [1.29, 1.82) is 0 Å². The molecule has 1 aliphatic heterocycles. The molecule has 3 rings (SSSR count). The largest absolute Gasteiger partial charge is 0.311 e. The highest BCUT2D eigenvalue weighted by Crippen LogP contribution is 2.38. The number of hydrogen-bond donors (Lipinski definition) is 2. The van der Waals surface area contributed by atoms with E-state index < -0.39 is 10.0 Å². The predicted molar refractivity (Wildman–Crippen MR) is 122 cm³/mol. The second kappa shape index (κ2) is 11.5. The molecule has 0 amide bonds. The molecule has 1 aromatic carbocycles. The van der Waals surface area contributed by atoms with Crippen LogP contribution in [-0.4, -0.2) is 57.8 Å². The Bertz CT molecular complexity index is 720. The summed E-state index contributed by atoms with van der Waals surface area (Å²) in [5, 5.41) is 3.83. The number of benzene rings is 1. The van der Waals surface area contributed by atoms with Crippen LogP contribution in [0, 0.1) is 5.92 Å². The van der Waals surface area contributed by atoms with Gasteiger partial charge in [0.1, 0.15) is 0 Å². The van der Waals surface area contributed by atoms with Gasteiger partial charge in [0.25, 0.3) is 0 Å². The standard InChI is InChI=1S/C20H31N3O2S.2ClH/c1-16(14-17-6-4-3-5-7-17)19-15-20(19)22-18-8-11-23(12-9-18)13-10-21-26(2,24)25;;/h3-7,14,18-22H,8-13,15H2,1-2H3;2*1H/t19?,20-;;/m0../s1. The van der Waals surface area contributed by atoms with Gasteiger partial charge in [0, 0.05) is 25.2 Å². The van der Waals surface area contributed by atoms with E-state index in [-0.39, 0.29) is 24.8 Å². The fourth-order valence-electron chi connectivity index (χ4n) is 3.82. The monoisotopic (exact) mass is 449 g/mol. The number of rotatable bonds is 8. The summed E-state index contributed by atoms with van der Waals surface area (Å²) in [7, 11) is -3.07. The minimum Gasteiger partial charge on any atom is -0.311 e. The molecule has 0 aromatic heterocycles. The molecule has 28 heavy (non-hydrogen) atoms. The summed E-state index contributed by atoms with van der Waals surface area (Å²) in [6.07, 6.45) is 7.05. The van der Waals surface area contributed by atoms with Crippen LogP contribution in [0.2, 0.25) is 0 Å². The highest BCUT2D eigenvalue weighted by atomic mass is 35.5. The van der Waals surface area contributed by atoms with Crippen molar-refractivity contribution in [3.05, 3.63) is 41.5 Å². The van der Waals surface area contributed by atoms with Crippen molar-refractivity contribution in [3.63, 3.8) is 0 Å². The molecule has 1 unspecified atom stereocenters. The Labute approximate surface area is 182 Å². The predicted octanol–water partition coefficient (Wildman–Crippen LogP) is 2.93. The van der Waals surface area contributed by atoms with Crippen molar-refractivity contribution in [2.75, 3.05) is 32.4 Å². The maximum absolute atomic E-state index is 11.1. The number of nitrogens with one attached hydrogen (secondary N) is 2. The topological polar surface area (TPSA) is 61.4 Å². The minimum absolute atomic E-state index is 0. The zero-order chi connectivity index (χ0) is 18.6. The average Bonchev–Trinajstić information content (AvgIpc) is 3.36. The van der Waals surface area contributed by atoms with Crippen molar-refractivity contribution in [2.24, 2.45) is 5.92 Å². The summed E-state index contributed by atoms with van der Waals surface area (Å²) in [6.45, 7) is 5.63. The molecule has 2 N–H and O–H groups in total. The Hall–Kier alpha value is -0.630. The van der Waals surface area contributed by atoms with Gasteiger partial charge in [0.2, 0.25) is 10.0 Å². The van der Waals surface area contributed by atoms with Gasteiger partial charge in [0.05, 0.1) is 6.26 Å². The maximum atomic E-state index is 11.1. The normalized spacial score (nSPS) is 23.6. The smallest absolute Gasteiger partial charge is 0.208 e. The van der Waals surface area contributed by atoms with Crippen LogP contribution >= 0.6 is 24.8 Å². The number of piperidine rings is 1. The lowest BCUT2D eigenvalue weighted by atomic mass is 10.0. The van der Waals surface area contributed by atoms with Gasteiger partial charge in [-0.2, -0.15) is 0 Å². The second-order valence-corrected chi connectivity index (χ2v) is 9.53. The molecule has 1 aliphatic carbocycles. The molecule has 2 aliphatic rings. The van der Waals surface area contributed by atoms with E-state index in [1.165, 1.54) is 23.8 Å². The molecule has 0 spiro atoms. The lowest BCUT2D eigenvalue weighted by molar-refractivity contribution is 0.199. The highest BCUT2D eigenvalue weighted by Gasteiger charge is 2.39. The van der Waals surface area contributed by atoms with Crippen LogP contribution in [0.5, 0.6) is 0 Å². The molecule has 0 radical (unpaired) electrons. The number of likely N-dealkylation sites (tertiary alicyclic amines) is 1. The van der Waals surface area contributed by atoms with Crippen LogP contribution in [0.15, 0.2) is 35.9 Å². The molecule has 2 fully saturated rings. The van der Waals surface area contributed by atoms with E-state index in [0.717, 1.165) is 32.5 Å². The van der Waals surface area contributed by atoms with Gasteiger partial charge in [0.15, 0.2) is 0 Å². The van der Waals surface area contributed by atoms with E-state index in [2.05, 4.69) is 58.3 Å². The van der Waals surface area contributed by atoms with E-state index in [9.17, 15) is 8.42 Å². The highest BCUT2D eigenvalue weighted by molar-refractivity contribution is 7.88. The van der Waals surface area contributed by atoms with Gasteiger partial charge >= 0.3 is 0 Å². The van der Waals surface area contributed by atoms with Crippen LogP contribution in [-0.2, 0) is 10.0 Å². The first kappa shape index (κ1) is 25.4. The van der Waals surface area contributed by atoms with Crippen LogP contribution in [0.1, 0.15) is 31.7 Å². The summed E-state index contributed by atoms with van der Waals surface area (Å²) in [5.41, 5.74) is 2.75. The van der Waals surface area contributed by atoms with Crippen LogP contribution in [0.25, 0.3) is 6.08 Å². The first-order valence-corrected chi connectivity index (χ1v) is 11.5. The Balaban J connectivity index is 0.00000196. The average molecular weight is 450 g/mol. The molecule has 5 nitrogen and oxygen atoms in total. The maximum Gasteiger partial charge on any atom is 0.208 e. The van der Waals surface area contributed by atoms with E-state index in [0.29, 0.717) is 24.5 Å². The van der Waals surface area contributed by atoms with Crippen LogP contribution in [0.3, 0.4) is 0 Å². The molecule has 8 heteroatoms. The summed E-state index contributed by atoms with van der Waals surface area (Å²) in [4.78, 5) is 2.35. The third kappa shape index (κ3) is 8.39. The van der Waals surface area contributed by atoms with Gasteiger partial charge in [-0.3, -0.25) is 0 Å². The SMILES string of the molecule is CC(=Cc1ccccc1)C1C[C@@H]1NC1CCN(CCNS(C)(=O)=O)CC1.Cl.Cl. The number of sulfonamides is 1. The van der Waals surface area contributed by atoms with Crippen LogP contribution in [0.4, 0.5) is 0 Å². The van der Waals surface area contributed by atoms with Crippen molar-refractivity contribution >= 4 is 40.9 Å². The van der Waals surface area contributed by atoms with Crippen molar-refractivity contribution < 1.29 is 8.42 Å². The third-order valence-corrected chi connectivity index (χ3v) is 6.13. The van der Waals surface area contributed by atoms with Crippen molar-refractivity contribution in [2.45, 2.75) is 38.3 Å². The zero-order valence-electron chi connectivity index (χ0n) is 16.6. The quantitative estimate of drug-likeness (QED) is 0.640. The van der Waals surface area contributed by atoms with Gasteiger partial charge in [-0.15, -0.1) is 24.8 Å². The Morgan fingerprint density at radius 1 is 1.18 bits per heavy atom. The molecule has 1 heterocycles. The summed E-state index contributed by atoms with van der Waals surface area (Å²) < 4.78 is 24.8. The molecule has 160 valence electrons. The molecule has 1 saturated carbocycles. The van der Waals surface area contributed by atoms with Gasteiger partial charge in [-0.1, -0.05) is 42.0 Å². The fourth-order valence-corrected chi connectivity index (χ4v) is 4.28. The molecular formula is C20H33Cl2N3O2S. The summed E-state index contributed by atoms with van der Waals surface area (Å²) in [6, 6.07) is 11.7. The molecule has 1 saturated heterocycles. The Morgan fingerprint density at radius 2 is 1.82 bits per heavy atom. The van der Waals surface area contributed by atoms with E-state index >= 15 is 0 Å². The zero-order valence-corrected chi connectivity index (χ0v) is 19.1. The fraction of sp³-hybridized carbons (Fsp3) is 0.600. The number of hydrogen-bond acceptors (Lipinski definition) is 4. The van der Waals surface area contributed by atoms with E-state index in [4.69, 9.17) is 0 Å².